The molecule has 0 bridgehead atoms. The molecule has 1 atom stereocenters. The Labute approximate surface area is 212 Å². The molecule has 1 heterocycles. The molecule has 1 unspecified atom stereocenters. The zero-order valence-electron chi connectivity index (χ0n) is 20.2. The summed E-state index contributed by atoms with van der Waals surface area (Å²) in [5.41, 5.74) is 0.632. The summed E-state index contributed by atoms with van der Waals surface area (Å²) in [5.74, 6) is -0.975. The normalized spacial score (nSPS) is 13.2. The first-order valence-corrected chi connectivity index (χ1v) is 13.6. The number of carbonyl (C=O) groups excluding carboxylic acids is 2. The van der Waals surface area contributed by atoms with Crippen LogP contribution in [0.3, 0.4) is 0 Å². The number of furan rings is 1. The van der Waals surface area contributed by atoms with Crippen molar-refractivity contribution in [2.24, 2.45) is 5.92 Å². The number of carbonyl (C=O) groups is 2. The van der Waals surface area contributed by atoms with Crippen molar-refractivity contribution in [3.05, 3.63) is 36.4 Å². The molecule has 35 heavy (non-hydrogen) atoms. The van der Waals surface area contributed by atoms with Crippen molar-refractivity contribution in [3.63, 3.8) is 0 Å². The van der Waals surface area contributed by atoms with Gasteiger partial charge in [0.15, 0.2) is 0 Å². The number of anilines is 1. The summed E-state index contributed by atoms with van der Waals surface area (Å²) in [6.07, 6.45) is -0.583. The smallest absolute Gasteiger partial charge is 0.411 e. The van der Waals surface area contributed by atoms with Crippen LogP contribution in [0.1, 0.15) is 34.6 Å². The number of halogens is 1. The maximum absolute atomic E-state index is 13.1. The number of alkyl halides is 1. The van der Waals surface area contributed by atoms with E-state index in [0.29, 0.717) is 33.0 Å². The van der Waals surface area contributed by atoms with Crippen molar-refractivity contribution < 1.29 is 31.9 Å². The molecule has 0 radical (unpaired) electrons. The van der Waals surface area contributed by atoms with Crippen molar-refractivity contribution in [2.75, 3.05) is 17.3 Å². The number of amides is 1. The highest BCUT2D eigenvalue weighted by Gasteiger charge is 2.32. The van der Waals surface area contributed by atoms with Gasteiger partial charge in [0.05, 0.1) is 4.90 Å². The van der Waals surface area contributed by atoms with E-state index in [0.717, 1.165) is 0 Å². The fraction of sp³-hybridized carbons (Fsp3) is 0.417. The minimum Gasteiger partial charge on any atom is -0.459 e. The van der Waals surface area contributed by atoms with Gasteiger partial charge in [0.25, 0.3) is 0 Å². The van der Waals surface area contributed by atoms with Gasteiger partial charge in [-0.15, -0.1) is 0 Å². The van der Waals surface area contributed by atoms with E-state index in [1.165, 1.54) is 12.1 Å². The highest BCUT2D eigenvalue weighted by Crippen LogP contribution is 2.32. The van der Waals surface area contributed by atoms with Crippen LogP contribution in [0.4, 0.5) is 10.5 Å². The van der Waals surface area contributed by atoms with Gasteiger partial charge in [0, 0.05) is 27.9 Å². The molecule has 0 aliphatic rings. The standard InChI is InChI=1S/C24H29BrN2O7S/c1-14(2)21(22(28)34-24(3,4)5)27-35(30,31)16-7-8-17-18-12-15(26-23(29)32-11-10-25)6-9-19(18)33-20(17)13-16/h6-9,12-14,21,27H,10-11H2,1-5H3,(H,26,29). The quantitative estimate of drug-likeness (QED) is 0.283. The number of fused-ring (bicyclic) bond motifs is 3. The SMILES string of the molecule is CC(C)C(NS(=O)(=O)c1ccc2c(c1)oc1ccc(NC(=O)OCCBr)cc12)C(=O)OC(C)(C)C. The van der Waals surface area contributed by atoms with Crippen LogP contribution in [0.2, 0.25) is 0 Å². The molecular formula is C24H29BrN2O7S. The molecule has 0 aliphatic heterocycles. The lowest BCUT2D eigenvalue weighted by molar-refractivity contribution is -0.158. The third-order valence-electron chi connectivity index (χ3n) is 4.92. The molecule has 3 aromatic rings. The minimum atomic E-state index is -4.06. The van der Waals surface area contributed by atoms with Crippen LogP contribution in [-0.2, 0) is 24.3 Å². The molecule has 3 rings (SSSR count). The first-order valence-electron chi connectivity index (χ1n) is 11.0. The number of esters is 1. The second-order valence-corrected chi connectivity index (χ2v) is 11.8. The van der Waals surface area contributed by atoms with Crippen LogP contribution in [0.25, 0.3) is 21.9 Å². The number of rotatable bonds is 8. The van der Waals surface area contributed by atoms with Gasteiger partial charge >= 0.3 is 12.1 Å². The minimum absolute atomic E-state index is 0.0463. The summed E-state index contributed by atoms with van der Waals surface area (Å²) in [7, 11) is -4.06. The Hall–Kier alpha value is -2.63. The van der Waals surface area contributed by atoms with Crippen LogP contribution in [-0.4, -0.2) is 44.1 Å². The van der Waals surface area contributed by atoms with Crippen LogP contribution >= 0.6 is 15.9 Å². The van der Waals surface area contributed by atoms with Crippen LogP contribution in [0.15, 0.2) is 45.7 Å². The fourth-order valence-corrected chi connectivity index (χ4v) is 4.85. The first kappa shape index (κ1) is 27.0. The van der Waals surface area contributed by atoms with E-state index in [2.05, 4.69) is 26.0 Å². The largest absolute Gasteiger partial charge is 0.459 e. The van der Waals surface area contributed by atoms with Gasteiger partial charge in [0.1, 0.15) is 29.4 Å². The Bertz CT molecular complexity index is 1340. The molecule has 0 spiro atoms. The predicted molar refractivity (Wildman–Crippen MR) is 137 cm³/mol. The lowest BCUT2D eigenvalue weighted by Gasteiger charge is -2.26. The molecule has 190 valence electrons. The number of hydrogen-bond acceptors (Lipinski definition) is 7. The second kappa shape index (κ2) is 10.5. The second-order valence-electron chi connectivity index (χ2n) is 9.30. The highest BCUT2D eigenvalue weighted by molar-refractivity contribution is 9.09. The van der Waals surface area contributed by atoms with Crippen molar-refractivity contribution in [1.82, 2.24) is 4.72 Å². The van der Waals surface area contributed by atoms with Gasteiger partial charge in [0.2, 0.25) is 10.0 Å². The maximum atomic E-state index is 13.1. The molecule has 11 heteroatoms. The summed E-state index contributed by atoms with van der Waals surface area (Å²) < 4.78 is 44.9. The Kier molecular flexibility index (Phi) is 8.13. The third-order valence-corrected chi connectivity index (χ3v) is 6.68. The lowest BCUT2D eigenvalue weighted by Crippen LogP contribution is -2.47. The average Bonchev–Trinajstić information content (AvgIpc) is 3.12. The summed E-state index contributed by atoms with van der Waals surface area (Å²) >= 11 is 3.19. The average molecular weight is 569 g/mol. The van der Waals surface area contributed by atoms with Gasteiger partial charge in [-0.25, -0.2) is 13.2 Å². The number of ether oxygens (including phenoxy) is 2. The molecule has 1 aromatic heterocycles. The number of hydrogen-bond donors (Lipinski definition) is 2. The molecule has 1 amide bonds. The summed E-state index contributed by atoms with van der Waals surface area (Å²) in [6.45, 7) is 8.87. The van der Waals surface area contributed by atoms with E-state index >= 15 is 0 Å². The molecule has 9 nitrogen and oxygen atoms in total. The third kappa shape index (κ3) is 6.74. The van der Waals surface area contributed by atoms with E-state index in [1.807, 2.05) is 0 Å². The fourth-order valence-electron chi connectivity index (χ4n) is 3.34. The summed E-state index contributed by atoms with van der Waals surface area (Å²) in [4.78, 5) is 24.4. The molecule has 0 aliphatic carbocycles. The molecule has 0 saturated heterocycles. The van der Waals surface area contributed by atoms with E-state index in [4.69, 9.17) is 13.9 Å². The Balaban J connectivity index is 1.89. The van der Waals surface area contributed by atoms with Gasteiger partial charge < -0.3 is 13.9 Å². The van der Waals surface area contributed by atoms with Gasteiger partial charge in [-0.3, -0.25) is 10.1 Å². The summed E-state index contributed by atoms with van der Waals surface area (Å²) in [6, 6.07) is 8.48. The van der Waals surface area contributed by atoms with E-state index in [1.54, 1.807) is 58.9 Å². The van der Waals surface area contributed by atoms with Crippen molar-refractivity contribution >= 4 is 65.6 Å². The van der Waals surface area contributed by atoms with Gasteiger partial charge in [-0.05, 0) is 57.0 Å². The highest BCUT2D eigenvalue weighted by atomic mass is 79.9. The molecule has 0 saturated carbocycles. The van der Waals surface area contributed by atoms with Crippen molar-refractivity contribution in [3.8, 4) is 0 Å². The van der Waals surface area contributed by atoms with Gasteiger partial charge in [-0.1, -0.05) is 29.8 Å². The zero-order chi connectivity index (χ0) is 26.0. The van der Waals surface area contributed by atoms with Crippen LogP contribution < -0.4 is 10.0 Å². The van der Waals surface area contributed by atoms with E-state index < -0.39 is 33.7 Å². The predicted octanol–water partition coefficient (Wildman–Crippen LogP) is 5.17. The maximum Gasteiger partial charge on any atom is 0.411 e. The molecular weight excluding hydrogens is 540 g/mol. The van der Waals surface area contributed by atoms with E-state index in [9.17, 15) is 18.0 Å². The van der Waals surface area contributed by atoms with E-state index in [-0.39, 0.29) is 17.4 Å². The molecule has 0 fully saturated rings. The summed E-state index contributed by atoms with van der Waals surface area (Å²) in [5, 5.41) is 4.54. The van der Waals surface area contributed by atoms with Crippen molar-refractivity contribution in [1.29, 1.82) is 0 Å². The Morgan fingerprint density at radius 1 is 1.06 bits per heavy atom. The van der Waals surface area contributed by atoms with Crippen LogP contribution in [0.5, 0.6) is 0 Å². The topological polar surface area (TPSA) is 124 Å². The number of sulfonamides is 1. The first-order chi connectivity index (χ1) is 16.3. The lowest BCUT2D eigenvalue weighted by atomic mass is 10.1. The number of benzene rings is 2. The van der Waals surface area contributed by atoms with Crippen LogP contribution in [0, 0.1) is 5.92 Å². The Morgan fingerprint density at radius 3 is 2.40 bits per heavy atom. The van der Waals surface area contributed by atoms with Gasteiger partial charge in [-0.2, -0.15) is 4.72 Å². The molecule has 2 aromatic carbocycles. The van der Waals surface area contributed by atoms with Crippen molar-refractivity contribution in [2.45, 2.75) is 51.2 Å². The number of nitrogens with one attached hydrogen (secondary N) is 2. The monoisotopic (exact) mass is 568 g/mol. The zero-order valence-corrected chi connectivity index (χ0v) is 22.6. The molecule has 2 N–H and O–H groups in total. The Morgan fingerprint density at radius 2 is 1.77 bits per heavy atom.